The van der Waals surface area contributed by atoms with Crippen molar-refractivity contribution in [3.8, 4) is 5.75 Å². The van der Waals surface area contributed by atoms with Crippen LogP contribution in [0.1, 0.15) is 102 Å². The number of urea groups is 1. The lowest BCUT2D eigenvalue weighted by Gasteiger charge is -2.32. The fourth-order valence-electron chi connectivity index (χ4n) is 5.13. The number of carbonyl (C=O) groups is 2. The van der Waals surface area contributed by atoms with Crippen molar-refractivity contribution in [2.75, 3.05) is 5.32 Å². The summed E-state index contributed by atoms with van der Waals surface area (Å²) in [4.78, 5) is 33.4. The van der Waals surface area contributed by atoms with Gasteiger partial charge in [0.15, 0.2) is 18.1 Å². The summed E-state index contributed by atoms with van der Waals surface area (Å²) in [6.07, 6.45) is 3.16. The lowest BCUT2D eigenvalue weighted by atomic mass is 9.85. The van der Waals surface area contributed by atoms with Crippen LogP contribution in [0.2, 0.25) is 0 Å². The Bertz CT molecular complexity index is 1650. The van der Waals surface area contributed by atoms with Crippen molar-refractivity contribution in [2.24, 2.45) is 0 Å². The van der Waals surface area contributed by atoms with Crippen LogP contribution >= 0.6 is 0 Å². The van der Waals surface area contributed by atoms with Crippen LogP contribution in [0.4, 0.5) is 10.6 Å². The average Bonchev–Trinajstić information content (AvgIpc) is 3.37. The second kappa shape index (κ2) is 11.6. The van der Waals surface area contributed by atoms with Gasteiger partial charge >= 0.3 is 12.0 Å². The summed E-state index contributed by atoms with van der Waals surface area (Å²) in [5, 5.41) is 14.6. The highest BCUT2D eigenvalue weighted by Gasteiger charge is 2.30. The molecule has 1 aliphatic rings. The van der Waals surface area contributed by atoms with E-state index < -0.39 is 5.97 Å². The van der Waals surface area contributed by atoms with Gasteiger partial charge in [-0.2, -0.15) is 0 Å². The van der Waals surface area contributed by atoms with Gasteiger partial charge in [-0.3, -0.25) is 14.5 Å². The zero-order valence-electron chi connectivity index (χ0n) is 25.8. The predicted octanol–water partition coefficient (Wildman–Crippen LogP) is 5.95. The number of amides is 2. The van der Waals surface area contributed by atoms with Crippen molar-refractivity contribution >= 4 is 23.5 Å². The maximum Gasteiger partial charge on any atom is 0.320 e. The molecule has 0 saturated heterocycles. The Morgan fingerprint density at radius 1 is 0.953 bits per heavy atom. The molecule has 1 aliphatic carbocycles. The van der Waals surface area contributed by atoms with Crippen LogP contribution in [0.15, 0.2) is 48.7 Å². The Morgan fingerprint density at radius 2 is 1.70 bits per heavy atom. The van der Waals surface area contributed by atoms with Crippen molar-refractivity contribution < 1.29 is 19.1 Å². The lowest BCUT2D eigenvalue weighted by Crippen LogP contribution is -2.36. The number of pyridine rings is 1. The van der Waals surface area contributed by atoms with Crippen LogP contribution < -0.4 is 15.4 Å². The van der Waals surface area contributed by atoms with Crippen molar-refractivity contribution in [3.63, 3.8) is 0 Å². The summed E-state index contributed by atoms with van der Waals surface area (Å²) in [5.41, 5.74) is 3.06. The second-order valence-electron chi connectivity index (χ2n) is 12.9. The Balaban J connectivity index is 1.32. The molecule has 3 aromatic heterocycles. The number of hydrogen-bond acceptors (Lipinski definition) is 8. The van der Waals surface area contributed by atoms with E-state index in [2.05, 4.69) is 51.6 Å². The van der Waals surface area contributed by atoms with Crippen LogP contribution in [0.5, 0.6) is 5.75 Å². The monoisotopic (exact) mass is 585 g/mol. The molecule has 0 saturated carbocycles. The molecule has 11 nitrogen and oxygen atoms in total. The summed E-state index contributed by atoms with van der Waals surface area (Å²) >= 11 is 0. The number of ether oxygens (including phenoxy) is 2. The first-order valence-corrected chi connectivity index (χ1v) is 14.5. The molecular weight excluding hydrogens is 546 g/mol. The van der Waals surface area contributed by atoms with Crippen LogP contribution in [-0.2, 0) is 27.0 Å². The molecule has 4 aromatic rings. The molecule has 1 aromatic carbocycles. The average molecular weight is 586 g/mol. The molecule has 5 rings (SSSR count). The van der Waals surface area contributed by atoms with E-state index in [1.807, 2.05) is 67.8 Å². The molecule has 0 fully saturated rings. The second-order valence-corrected chi connectivity index (χ2v) is 12.9. The van der Waals surface area contributed by atoms with Gasteiger partial charge in [0, 0.05) is 23.8 Å². The maximum atomic E-state index is 13.2. The quantitative estimate of drug-likeness (QED) is 0.265. The molecule has 0 unspecified atom stereocenters. The minimum Gasteiger partial charge on any atom is -0.484 e. The van der Waals surface area contributed by atoms with Gasteiger partial charge in [-0.25, -0.2) is 14.8 Å². The van der Waals surface area contributed by atoms with Gasteiger partial charge < -0.3 is 14.8 Å². The lowest BCUT2D eigenvalue weighted by molar-refractivity contribution is -0.142. The highest BCUT2D eigenvalue weighted by atomic mass is 16.5. The van der Waals surface area contributed by atoms with Crippen LogP contribution in [0, 0.1) is 0 Å². The van der Waals surface area contributed by atoms with Gasteiger partial charge in [-0.05, 0) is 36.1 Å². The van der Waals surface area contributed by atoms with Crippen molar-refractivity contribution in [1.82, 2.24) is 29.9 Å². The molecule has 2 amide bonds. The third-order valence-corrected chi connectivity index (χ3v) is 7.25. The largest absolute Gasteiger partial charge is 0.484 e. The van der Waals surface area contributed by atoms with E-state index in [1.54, 1.807) is 6.07 Å². The molecule has 43 heavy (non-hydrogen) atoms. The summed E-state index contributed by atoms with van der Waals surface area (Å²) in [7, 11) is 0. The van der Waals surface area contributed by atoms with Gasteiger partial charge in [-0.1, -0.05) is 65.8 Å². The number of carbonyl (C=O) groups excluding carboxylic acids is 2. The standard InChI is InChI=1S/C32H39N7O4/c1-19(40)42-18-27-34-25(31(2,3)4)16-26(35-27)36-30(41)33-23-13-14-24(22-11-9-8-10-21(22)23)43-20-12-15-28-37-38-29(32(5,6)7)39(28)17-20/h8-12,15-17,23-24H,13-14,18H2,1-7H3,(H2,33,34,35,36,41)/t23-,24+/m0/s1. The number of nitrogens with one attached hydrogen (secondary N) is 2. The topological polar surface area (TPSA) is 133 Å². The van der Waals surface area contributed by atoms with Crippen LogP contribution in [0.3, 0.4) is 0 Å². The number of fused-ring (bicyclic) bond motifs is 2. The normalized spacial score (nSPS) is 16.8. The van der Waals surface area contributed by atoms with Gasteiger partial charge in [0.25, 0.3) is 0 Å². The number of aromatic nitrogens is 5. The minimum absolute atomic E-state index is 0.0746. The van der Waals surface area contributed by atoms with Crippen LogP contribution in [-0.4, -0.2) is 36.6 Å². The zero-order valence-corrected chi connectivity index (χ0v) is 25.8. The number of hydrogen-bond donors (Lipinski definition) is 2. The summed E-state index contributed by atoms with van der Waals surface area (Å²) in [6.45, 7) is 13.6. The van der Waals surface area contributed by atoms with E-state index in [0.29, 0.717) is 24.5 Å². The third-order valence-electron chi connectivity index (χ3n) is 7.25. The van der Waals surface area contributed by atoms with Crippen LogP contribution in [0.25, 0.3) is 5.65 Å². The van der Waals surface area contributed by atoms with E-state index in [0.717, 1.165) is 34.0 Å². The first-order chi connectivity index (χ1) is 20.3. The van der Waals surface area contributed by atoms with E-state index in [9.17, 15) is 9.59 Å². The fraction of sp³-hybridized carbons (Fsp3) is 0.438. The molecular formula is C32H39N7O4. The number of nitrogens with zero attached hydrogens (tertiary/aromatic N) is 5. The summed E-state index contributed by atoms with van der Waals surface area (Å²) in [5.74, 6) is 1.82. The van der Waals surface area contributed by atoms with E-state index in [-0.39, 0.29) is 35.6 Å². The maximum absolute atomic E-state index is 13.2. The summed E-state index contributed by atoms with van der Waals surface area (Å²) < 4.78 is 13.6. The summed E-state index contributed by atoms with van der Waals surface area (Å²) in [6, 6.07) is 13.0. The first kappa shape index (κ1) is 29.9. The van der Waals surface area contributed by atoms with Crippen molar-refractivity contribution in [3.05, 3.63) is 77.1 Å². The van der Waals surface area contributed by atoms with Gasteiger partial charge in [0.1, 0.15) is 23.5 Å². The Labute approximate surface area is 251 Å². The highest BCUT2D eigenvalue weighted by molar-refractivity contribution is 5.88. The molecule has 0 spiro atoms. The predicted molar refractivity (Wildman–Crippen MR) is 162 cm³/mol. The number of esters is 1. The molecule has 2 atom stereocenters. The molecule has 0 radical (unpaired) electrons. The number of rotatable bonds is 6. The third kappa shape index (κ3) is 6.93. The molecule has 0 bridgehead atoms. The van der Waals surface area contributed by atoms with Gasteiger partial charge in [0.2, 0.25) is 0 Å². The molecule has 2 N–H and O–H groups in total. The van der Waals surface area contributed by atoms with E-state index >= 15 is 0 Å². The molecule has 226 valence electrons. The minimum atomic E-state index is -0.427. The molecule has 3 heterocycles. The van der Waals surface area contributed by atoms with Crippen molar-refractivity contribution in [2.45, 2.75) is 90.9 Å². The SMILES string of the molecule is CC(=O)OCc1nc(NC(=O)N[C@H]2CC[C@@H](Oc3ccc4nnc(C(C)(C)C)n4c3)c3ccccc32)cc(C(C)(C)C)n1. The fourth-order valence-corrected chi connectivity index (χ4v) is 5.13. The van der Waals surface area contributed by atoms with E-state index in [1.165, 1.54) is 6.92 Å². The molecule has 0 aliphatic heterocycles. The Morgan fingerprint density at radius 3 is 2.40 bits per heavy atom. The zero-order chi connectivity index (χ0) is 30.9. The number of anilines is 1. The Hall–Kier alpha value is -4.54. The van der Waals surface area contributed by atoms with Crippen molar-refractivity contribution in [1.29, 1.82) is 0 Å². The molecule has 11 heteroatoms. The smallest absolute Gasteiger partial charge is 0.320 e. The van der Waals surface area contributed by atoms with Gasteiger partial charge in [-0.15, -0.1) is 10.2 Å². The number of benzene rings is 1. The first-order valence-electron chi connectivity index (χ1n) is 14.5. The highest BCUT2D eigenvalue weighted by Crippen LogP contribution is 2.39. The van der Waals surface area contributed by atoms with Gasteiger partial charge in [0.05, 0.1) is 17.9 Å². The Kier molecular flexibility index (Phi) is 8.09. The van der Waals surface area contributed by atoms with E-state index in [4.69, 9.17) is 9.47 Å².